The maximum Gasteiger partial charge on any atom is 0.137 e. The Balaban J connectivity index is 0.000000845. The van der Waals surface area contributed by atoms with E-state index in [1.165, 1.54) is 5.56 Å². The molecule has 0 spiro atoms. The van der Waals surface area contributed by atoms with Crippen molar-refractivity contribution in [3.63, 3.8) is 0 Å². The monoisotopic (exact) mass is 233 g/mol. The lowest BCUT2D eigenvalue weighted by atomic mass is 10.3. The standard InChI is InChI=1S/C9H11N3.2ClH/c1-7-2-3-9-11-8(4-10)6-12(9)5-7;;/h2-3,5-6H,4,10H2,1H3;2*1H. The van der Waals surface area contributed by atoms with Crippen LogP contribution in [0, 0.1) is 6.92 Å². The summed E-state index contributed by atoms with van der Waals surface area (Å²) < 4.78 is 2.00. The number of nitrogens with two attached hydrogens (primary N) is 1. The Morgan fingerprint density at radius 3 is 2.64 bits per heavy atom. The van der Waals surface area contributed by atoms with Gasteiger partial charge in [-0.25, -0.2) is 4.98 Å². The molecule has 0 fully saturated rings. The normalized spacial score (nSPS) is 9.29. The highest BCUT2D eigenvalue weighted by Gasteiger charge is 1.97. The van der Waals surface area contributed by atoms with Gasteiger partial charge in [0.1, 0.15) is 5.65 Å². The molecule has 0 unspecified atom stereocenters. The fourth-order valence-corrected chi connectivity index (χ4v) is 1.25. The van der Waals surface area contributed by atoms with Crippen molar-refractivity contribution < 1.29 is 0 Å². The van der Waals surface area contributed by atoms with E-state index in [4.69, 9.17) is 5.73 Å². The van der Waals surface area contributed by atoms with Crippen molar-refractivity contribution >= 4 is 30.5 Å². The highest BCUT2D eigenvalue weighted by molar-refractivity contribution is 5.85. The van der Waals surface area contributed by atoms with Gasteiger partial charge in [-0.1, -0.05) is 6.07 Å². The molecule has 0 aromatic carbocycles. The summed E-state index contributed by atoms with van der Waals surface area (Å²) >= 11 is 0. The van der Waals surface area contributed by atoms with E-state index < -0.39 is 0 Å². The van der Waals surface area contributed by atoms with Crippen LogP contribution in [0.1, 0.15) is 11.3 Å². The highest BCUT2D eigenvalue weighted by atomic mass is 35.5. The Bertz CT molecular complexity index is 411. The van der Waals surface area contributed by atoms with Crippen LogP contribution in [0.15, 0.2) is 24.5 Å². The molecular formula is C9H13Cl2N3. The molecule has 2 aromatic rings. The molecule has 14 heavy (non-hydrogen) atoms. The van der Waals surface area contributed by atoms with Gasteiger partial charge >= 0.3 is 0 Å². The Hall–Kier alpha value is -0.770. The number of aromatic nitrogens is 2. The first-order chi connectivity index (χ1) is 5.79. The molecule has 0 amide bonds. The molecule has 0 aliphatic rings. The van der Waals surface area contributed by atoms with Gasteiger partial charge in [0.25, 0.3) is 0 Å². The lowest BCUT2D eigenvalue weighted by Gasteiger charge is -1.92. The quantitative estimate of drug-likeness (QED) is 0.819. The van der Waals surface area contributed by atoms with Gasteiger partial charge in [0.15, 0.2) is 0 Å². The van der Waals surface area contributed by atoms with Crippen molar-refractivity contribution in [3.8, 4) is 0 Å². The second-order valence-corrected chi connectivity index (χ2v) is 2.91. The molecule has 0 bridgehead atoms. The van der Waals surface area contributed by atoms with E-state index in [0.717, 1.165) is 11.3 Å². The summed E-state index contributed by atoms with van der Waals surface area (Å²) in [5.74, 6) is 0. The molecular weight excluding hydrogens is 221 g/mol. The maximum atomic E-state index is 5.48. The minimum atomic E-state index is 0. The van der Waals surface area contributed by atoms with Gasteiger partial charge in [0, 0.05) is 18.9 Å². The highest BCUT2D eigenvalue weighted by Crippen LogP contribution is 2.06. The van der Waals surface area contributed by atoms with Crippen LogP contribution in [0.25, 0.3) is 5.65 Å². The number of fused-ring (bicyclic) bond motifs is 1. The van der Waals surface area contributed by atoms with Gasteiger partial charge in [0.05, 0.1) is 5.69 Å². The number of imidazole rings is 1. The molecule has 0 radical (unpaired) electrons. The lowest BCUT2D eigenvalue weighted by Crippen LogP contribution is -1.95. The number of rotatable bonds is 1. The van der Waals surface area contributed by atoms with Crippen molar-refractivity contribution in [1.82, 2.24) is 9.38 Å². The van der Waals surface area contributed by atoms with Crippen molar-refractivity contribution in [2.75, 3.05) is 0 Å². The van der Waals surface area contributed by atoms with Gasteiger partial charge in [-0.15, -0.1) is 24.8 Å². The van der Waals surface area contributed by atoms with E-state index in [1.54, 1.807) is 0 Å². The summed E-state index contributed by atoms with van der Waals surface area (Å²) in [6.45, 7) is 2.56. The van der Waals surface area contributed by atoms with E-state index >= 15 is 0 Å². The minimum Gasteiger partial charge on any atom is -0.325 e. The fraction of sp³-hybridized carbons (Fsp3) is 0.222. The number of nitrogens with zero attached hydrogens (tertiary/aromatic N) is 2. The molecule has 0 aliphatic carbocycles. The molecule has 0 atom stereocenters. The van der Waals surface area contributed by atoms with Crippen molar-refractivity contribution in [2.24, 2.45) is 5.73 Å². The largest absolute Gasteiger partial charge is 0.325 e. The van der Waals surface area contributed by atoms with Crippen LogP contribution in [-0.2, 0) is 6.54 Å². The lowest BCUT2D eigenvalue weighted by molar-refractivity contribution is 1.01. The average molecular weight is 234 g/mol. The molecule has 2 heterocycles. The number of halogens is 2. The van der Waals surface area contributed by atoms with E-state index in [9.17, 15) is 0 Å². The maximum absolute atomic E-state index is 5.48. The zero-order valence-electron chi connectivity index (χ0n) is 7.80. The van der Waals surface area contributed by atoms with Gasteiger partial charge in [-0.05, 0) is 18.6 Å². The number of hydrogen-bond acceptors (Lipinski definition) is 2. The van der Waals surface area contributed by atoms with Crippen LogP contribution in [0.5, 0.6) is 0 Å². The van der Waals surface area contributed by atoms with Crippen LogP contribution in [-0.4, -0.2) is 9.38 Å². The van der Waals surface area contributed by atoms with Crippen LogP contribution >= 0.6 is 24.8 Å². The molecule has 78 valence electrons. The number of hydrogen-bond donors (Lipinski definition) is 1. The summed E-state index contributed by atoms with van der Waals surface area (Å²) in [5.41, 5.74) is 8.59. The van der Waals surface area contributed by atoms with Crippen LogP contribution in [0.4, 0.5) is 0 Å². The average Bonchev–Trinajstić information content (AvgIpc) is 2.46. The Morgan fingerprint density at radius 2 is 2.00 bits per heavy atom. The van der Waals surface area contributed by atoms with Gasteiger partial charge in [0.2, 0.25) is 0 Å². The van der Waals surface area contributed by atoms with Crippen LogP contribution in [0.3, 0.4) is 0 Å². The zero-order valence-corrected chi connectivity index (χ0v) is 9.44. The third-order valence-corrected chi connectivity index (χ3v) is 1.86. The van der Waals surface area contributed by atoms with Gasteiger partial charge in [-0.3, -0.25) is 0 Å². The summed E-state index contributed by atoms with van der Waals surface area (Å²) in [6, 6.07) is 4.04. The molecule has 2 rings (SSSR count). The third kappa shape index (κ3) is 2.38. The summed E-state index contributed by atoms with van der Waals surface area (Å²) in [5, 5.41) is 0. The smallest absolute Gasteiger partial charge is 0.137 e. The first kappa shape index (κ1) is 13.2. The van der Waals surface area contributed by atoms with Crippen molar-refractivity contribution in [1.29, 1.82) is 0 Å². The van der Waals surface area contributed by atoms with Crippen LogP contribution in [0.2, 0.25) is 0 Å². The van der Waals surface area contributed by atoms with E-state index in [1.807, 2.05) is 28.9 Å². The second kappa shape index (κ2) is 5.20. The van der Waals surface area contributed by atoms with Crippen molar-refractivity contribution in [2.45, 2.75) is 13.5 Å². The molecule has 2 aromatic heterocycles. The molecule has 0 saturated heterocycles. The topological polar surface area (TPSA) is 43.3 Å². The predicted molar refractivity (Wildman–Crippen MR) is 62.3 cm³/mol. The zero-order chi connectivity index (χ0) is 8.55. The summed E-state index contributed by atoms with van der Waals surface area (Å²) in [7, 11) is 0. The number of pyridine rings is 1. The first-order valence-electron chi connectivity index (χ1n) is 3.94. The first-order valence-corrected chi connectivity index (χ1v) is 3.94. The summed E-state index contributed by atoms with van der Waals surface area (Å²) in [4.78, 5) is 4.31. The number of aryl methyl sites for hydroxylation is 1. The van der Waals surface area contributed by atoms with Crippen LogP contribution < -0.4 is 5.73 Å². The molecule has 3 nitrogen and oxygen atoms in total. The molecule has 0 saturated carbocycles. The van der Waals surface area contributed by atoms with E-state index in [0.29, 0.717) is 6.54 Å². The second-order valence-electron chi connectivity index (χ2n) is 2.91. The Morgan fingerprint density at radius 1 is 1.29 bits per heavy atom. The molecule has 5 heteroatoms. The predicted octanol–water partition coefficient (Wildman–Crippen LogP) is 1.95. The third-order valence-electron chi connectivity index (χ3n) is 1.86. The minimum absolute atomic E-state index is 0. The molecule has 0 aliphatic heterocycles. The Kier molecular flexibility index (Phi) is 4.91. The van der Waals surface area contributed by atoms with Gasteiger partial charge in [-0.2, -0.15) is 0 Å². The van der Waals surface area contributed by atoms with E-state index in [-0.39, 0.29) is 24.8 Å². The molecule has 2 N–H and O–H groups in total. The fourth-order valence-electron chi connectivity index (χ4n) is 1.25. The SMILES string of the molecule is Cc1ccc2nc(CN)cn2c1.Cl.Cl. The van der Waals surface area contributed by atoms with E-state index in [2.05, 4.69) is 11.9 Å². The van der Waals surface area contributed by atoms with Gasteiger partial charge < -0.3 is 10.1 Å². The van der Waals surface area contributed by atoms with Crippen molar-refractivity contribution in [3.05, 3.63) is 35.8 Å². The summed E-state index contributed by atoms with van der Waals surface area (Å²) in [6.07, 6.45) is 4.00. The Labute approximate surface area is 95.1 Å².